The van der Waals surface area contributed by atoms with Gasteiger partial charge in [0.05, 0.1) is 12.7 Å². The third kappa shape index (κ3) is 4.81. The predicted octanol–water partition coefficient (Wildman–Crippen LogP) is 2.72. The minimum Gasteiger partial charge on any atom is -0.396 e. The highest BCUT2D eigenvalue weighted by atomic mass is 16.7. The number of unbranched alkanes of at least 4 members (excludes halogenated alkanes) is 2. The van der Waals surface area contributed by atoms with Crippen molar-refractivity contribution in [2.24, 2.45) is 5.92 Å². The molecule has 0 saturated carbocycles. The van der Waals surface area contributed by atoms with Crippen molar-refractivity contribution in [1.82, 2.24) is 0 Å². The fraction of sp³-hybridized carbons (Fsp3) is 1.00. The molecule has 1 rings (SSSR count). The van der Waals surface area contributed by atoms with E-state index in [1.165, 1.54) is 0 Å². The molecular formula is C13H26O3. The lowest BCUT2D eigenvalue weighted by Crippen LogP contribution is -2.28. The Morgan fingerprint density at radius 1 is 1.31 bits per heavy atom. The van der Waals surface area contributed by atoms with Gasteiger partial charge in [-0.2, -0.15) is 0 Å². The Labute approximate surface area is 99.1 Å². The summed E-state index contributed by atoms with van der Waals surface area (Å²) >= 11 is 0. The minimum absolute atomic E-state index is 0.252. The van der Waals surface area contributed by atoms with Crippen molar-refractivity contribution in [2.75, 3.05) is 13.2 Å². The van der Waals surface area contributed by atoms with Gasteiger partial charge in [-0.15, -0.1) is 0 Å². The highest BCUT2D eigenvalue weighted by Crippen LogP contribution is 2.31. The highest BCUT2D eigenvalue weighted by Gasteiger charge is 2.37. The van der Waals surface area contributed by atoms with E-state index < -0.39 is 0 Å². The fourth-order valence-electron chi connectivity index (χ4n) is 2.34. The average molecular weight is 230 g/mol. The molecule has 2 unspecified atom stereocenters. The number of aliphatic hydroxyl groups is 1. The van der Waals surface area contributed by atoms with Gasteiger partial charge in [-0.1, -0.05) is 26.7 Å². The normalized spacial score (nSPS) is 30.2. The van der Waals surface area contributed by atoms with E-state index in [0.29, 0.717) is 12.5 Å². The Balaban J connectivity index is 2.18. The molecule has 1 heterocycles. The monoisotopic (exact) mass is 230 g/mol. The maximum atomic E-state index is 8.68. The molecule has 1 saturated heterocycles. The molecule has 3 nitrogen and oxygen atoms in total. The molecule has 96 valence electrons. The van der Waals surface area contributed by atoms with Crippen molar-refractivity contribution in [3.63, 3.8) is 0 Å². The fourth-order valence-corrected chi connectivity index (χ4v) is 2.34. The minimum atomic E-state index is -0.365. The van der Waals surface area contributed by atoms with E-state index in [2.05, 4.69) is 13.8 Å². The van der Waals surface area contributed by atoms with Crippen molar-refractivity contribution in [1.29, 1.82) is 0 Å². The second kappa shape index (κ2) is 6.58. The highest BCUT2D eigenvalue weighted by molar-refractivity contribution is 4.76. The lowest BCUT2D eigenvalue weighted by atomic mass is 10.0. The summed E-state index contributed by atoms with van der Waals surface area (Å²) in [4.78, 5) is 0. The molecule has 3 heteroatoms. The third-order valence-electron chi connectivity index (χ3n) is 2.95. The second-order valence-corrected chi connectivity index (χ2v) is 5.36. The molecule has 1 aliphatic heterocycles. The molecule has 0 bridgehead atoms. The van der Waals surface area contributed by atoms with Gasteiger partial charge in [-0.25, -0.2) is 0 Å². The number of aliphatic hydroxyl groups excluding tert-OH is 1. The summed E-state index contributed by atoms with van der Waals surface area (Å²) in [6.07, 6.45) is 5.36. The molecule has 0 aromatic rings. The molecule has 0 spiro atoms. The number of hydrogen-bond acceptors (Lipinski definition) is 3. The molecule has 0 amide bonds. The van der Waals surface area contributed by atoms with Crippen LogP contribution in [0.5, 0.6) is 0 Å². The van der Waals surface area contributed by atoms with Crippen LogP contribution in [0.4, 0.5) is 0 Å². The SMILES string of the molecule is CC(C)CC1(C)OCC(CCCCCO)O1. The zero-order valence-electron chi connectivity index (χ0n) is 10.9. The first kappa shape index (κ1) is 13.9. The molecule has 0 aromatic heterocycles. The van der Waals surface area contributed by atoms with Gasteiger partial charge in [0, 0.05) is 13.0 Å². The van der Waals surface area contributed by atoms with Gasteiger partial charge >= 0.3 is 0 Å². The van der Waals surface area contributed by atoms with Crippen LogP contribution in [0.1, 0.15) is 52.9 Å². The van der Waals surface area contributed by atoms with Crippen molar-refractivity contribution in [2.45, 2.75) is 64.8 Å². The van der Waals surface area contributed by atoms with Gasteiger partial charge in [0.1, 0.15) is 0 Å². The summed E-state index contributed by atoms with van der Waals surface area (Å²) in [5.41, 5.74) is 0. The van der Waals surface area contributed by atoms with Crippen LogP contribution in [0.3, 0.4) is 0 Å². The second-order valence-electron chi connectivity index (χ2n) is 5.36. The van der Waals surface area contributed by atoms with Gasteiger partial charge in [0.15, 0.2) is 5.79 Å². The zero-order valence-corrected chi connectivity index (χ0v) is 10.9. The van der Waals surface area contributed by atoms with E-state index in [9.17, 15) is 0 Å². The first-order valence-electron chi connectivity index (χ1n) is 6.48. The first-order valence-corrected chi connectivity index (χ1v) is 6.48. The number of ether oxygens (including phenoxy) is 2. The molecule has 0 radical (unpaired) electrons. The Morgan fingerprint density at radius 2 is 2.06 bits per heavy atom. The van der Waals surface area contributed by atoms with Gasteiger partial charge in [-0.05, 0) is 25.7 Å². The van der Waals surface area contributed by atoms with Crippen molar-refractivity contribution >= 4 is 0 Å². The lowest BCUT2D eigenvalue weighted by molar-refractivity contribution is -0.164. The van der Waals surface area contributed by atoms with E-state index in [4.69, 9.17) is 14.6 Å². The van der Waals surface area contributed by atoms with Crippen molar-refractivity contribution < 1.29 is 14.6 Å². The standard InChI is InChI=1S/C13H26O3/c1-11(2)9-13(3)15-10-12(16-13)7-5-4-6-8-14/h11-12,14H,4-10H2,1-3H3. The zero-order chi connectivity index (χ0) is 12.0. The number of hydrogen-bond donors (Lipinski definition) is 1. The van der Waals surface area contributed by atoms with E-state index in [0.717, 1.165) is 38.7 Å². The van der Waals surface area contributed by atoms with E-state index in [1.807, 2.05) is 6.92 Å². The van der Waals surface area contributed by atoms with Gasteiger partial charge in [0.2, 0.25) is 0 Å². The Kier molecular flexibility index (Phi) is 5.73. The quantitative estimate of drug-likeness (QED) is 0.683. The van der Waals surface area contributed by atoms with Crippen LogP contribution in [0.2, 0.25) is 0 Å². The summed E-state index contributed by atoms with van der Waals surface area (Å²) in [5, 5.41) is 8.68. The molecule has 0 aromatic carbocycles. The summed E-state index contributed by atoms with van der Waals surface area (Å²) in [6.45, 7) is 7.44. The Bertz CT molecular complexity index is 194. The Hall–Kier alpha value is -0.120. The van der Waals surface area contributed by atoms with Crippen LogP contribution in [-0.2, 0) is 9.47 Å². The molecule has 2 atom stereocenters. The maximum absolute atomic E-state index is 8.68. The smallest absolute Gasteiger partial charge is 0.166 e. The molecule has 1 fully saturated rings. The molecule has 1 aliphatic rings. The molecule has 16 heavy (non-hydrogen) atoms. The maximum Gasteiger partial charge on any atom is 0.166 e. The molecular weight excluding hydrogens is 204 g/mol. The molecule has 0 aliphatic carbocycles. The van der Waals surface area contributed by atoms with Crippen LogP contribution in [0.15, 0.2) is 0 Å². The van der Waals surface area contributed by atoms with Crippen LogP contribution in [0.25, 0.3) is 0 Å². The van der Waals surface area contributed by atoms with E-state index in [-0.39, 0.29) is 11.9 Å². The Morgan fingerprint density at radius 3 is 2.69 bits per heavy atom. The lowest BCUT2D eigenvalue weighted by Gasteiger charge is -2.25. The summed E-state index contributed by atoms with van der Waals surface area (Å²) < 4.78 is 11.7. The van der Waals surface area contributed by atoms with Crippen LogP contribution >= 0.6 is 0 Å². The van der Waals surface area contributed by atoms with Crippen molar-refractivity contribution in [3.8, 4) is 0 Å². The summed E-state index contributed by atoms with van der Waals surface area (Å²) in [5.74, 6) is 0.230. The van der Waals surface area contributed by atoms with Crippen LogP contribution in [-0.4, -0.2) is 30.2 Å². The summed E-state index contributed by atoms with van der Waals surface area (Å²) in [7, 11) is 0. The van der Waals surface area contributed by atoms with Gasteiger partial charge in [0.25, 0.3) is 0 Å². The van der Waals surface area contributed by atoms with Crippen LogP contribution in [0, 0.1) is 5.92 Å². The largest absolute Gasteiger partial charge is 0.396 e. The number of rotatable bonds is 7. The van der Waals surface area contributed by atoms with E-state index in [1.54, 1.807) is 0 Å². The first-order chi connectivity index (χ1) is 7.56. The summed E-state index contributed by atoms with van der Waals surface area (Å²) in [6, 6.07) is 0. The average Bonchev–Trinajstić information content (AvgIpc) is 2.54. The van der Waals surface area contributed by atoms with E-state index >= 15 is 0 Å². The third-order valence-corrected chi connectivity index (χ3v) is 2.95. The van der Waals surface area contributed by atoms with Gasteiger partial charge in [-0.3, -0.25) is 0 Å². The topological polar surface area (TPSA) is 38.7 Å². The molecule has 1 N–H and O–H groups in total. The van der Waals surface area contributed by atoms with Gasteiger partial charge < -0.3 is 14.6 Å². The van der Waals surface area contributed by atoms with Crippen LogP contribution < -0.4 is 0 Å². The predicted molar refractivity (Wildman–Crippen MR) is 64.2 cm³/mol. The van der Waals surface area contributed by atoms with Crippen molar-refractivity contribution in [3.05, 3.63) is 0 Å².